The fraction of sp³-hybridized carbons (Fsp3) is 0.560. The Bertz CT molecular complexity index is 964. The normalized spacial score (nSPS) is 22.1. The highest BCUT2D eigenvalue weighted by Crippen LogP contribution is 2.31. The van der Waals surface area contributed by atoms with Gasteiger partial charge in [-0.1, -0.05) is 18.6 Å². The minimum absolute atomic E-state index is 0.132. The second kappa shape index (κ2) is 10.1. The Balaban J connectivity index is 1.23. The molecule has 7 nitrogen and oxygen atoms in total. The minimum Gasteiger partial charge on any atom is -0.381 e. The molecule has 1 aromatic heterocycles. The zero-order chi connectivity index (χ0) is 22.6. The standard InChI is InChI=1S/C25H32FN5O2/c26-20-6-4-18(5-7-20)23-3-1-2-11-30(23)17-24(32)31-12-8-19-15-27-25(29-22(19)16-31)28-21-9-13-33-14-10-21/h4-7,15,21,23H,1-3,8-14,16-17H2,(H,27,28,29)/t23-/m1/s1. The summed E-state index contributed by atoms with van der Waals surface area (Å²) in [6.07, 6.45) is 7.80. The average molecular weight is 454 g/mol. The number of nitrogens with one attached hydrogen (secondary N) is 1. The molecular formula is C25H32FN5O2. The van der Waals surface area contributed by atoms with E-state index in [1.807, 2.05) is 23.2 Å². The number of benzene rings is 1. The van der Waals surface area contributed by atoms with Crippen molar-refractivity contribution in [2.75, 3.05) is 38.2 Å². The van der Waals surface area contributed by atoms with Crippen LogP contribution in [-0.4, -0.2) is 64.6 Å². The number of piperidine rings is 1. The van der Waals surface area contributed by atoms with Crippen LogP contribution in [0.4, 0.5) is 10.3 Å². The smallest absolute Gasteiger partial charge is 0.237 e. The zero-order valence-electron chi connectivity index (χ0n) is 19.0. The number of likely N-dealkylation sites (tertiary alicyclic amines) is 1. The monoisotopic (exact) mass is 453 g/mol. The number of halogens is 1. The van der Waals surface area contributed by atoms with E-state index in [1.165, 1.54) is 12.1 Å². The number of hydrogen-bond donors (Lipinski definition) is 1. The fourth-order valence-electron chi connectivity index (χ4n) is 5.13. The van der Waals surface area contributed by atoms with Crippen molar-refractivity contribution in [1.82, 2.24) is 19.8 Å². The summed E-state index contributed by atoms with van der Waals surface area (Å²) in [6.45, 7) is 4.01. The van der Waals surface area contributed by atoms with Gasteiger partial charge in [-0.25, -0.2) is 14.4 Å². The molecule has 3 aliphatic heterocycles. The lowest BCUT2D eigenvalue weighted by atomic mass is 9.95. The van der Waals surface area contributed by atoms with Gasteiger partial charge in [0.15, 0.2) is 0 Å². The third-order valence-electron chi connectivity index (χ3n) is 7.06. The van der Waals surface area contributed by atoms with Crippen LogP contribution in [0.2, 0.25) is 0 Å². The molecule has 0 bridgehead atoms. The number of rotatable bonds is 5. The van der Waals surface area contributed by atoms with Crippen molar-refractivity contribution in [1.29, 1.82) is 0 Å². The second-order valence-corrected chi connectivity index (χ2v) is 9.30. The van der Waals surface area contributed by atoms with Crippen LogP contribution in [0.3, 0.4) is 0 Å². The van der Waals surface area contributed by atoms with Crippen LogP contribution in [0.15, 0.2) is 30.5 Å². The molecule has 0 aliphatic carbocycles. The largest absolute Gasteiger partial charge is 0.381 e. The van der Waals surface area contributed by atoms with Gasteiger partial charge in [-0.05, 0) is 61.9 Å². The Kier molecular flexibility index (Phi) is 6.83. The van der Waals surface area contributed by atoms with Crippen LogP contribution in [0.25, 0.3) is 0 Å². The molecule has 5 rings (SSSR count). The number of aromatic nitrogens is 2. The zero-order valence-corrected chi connectivity index (χ0v) is 19.0. The lowest BCUT2D eigenvalue weighted by Gasteiger charge is -2.37. The summed E-state index contributed by atoms with van der Waals surface area (Å²) < 4.78 is 18.8. The summed E-state index contributed by atoms with van der Waals surface area (Å²) in [4.78, 5) is 26.7. The molecule has 4 heterocycles. The Labute approximate surface area is 194 Å². The number of carbonyl (C=O) groups excluding carboxylic acids is 1. The highest BCUT2D eigenvalue weighted by molar-refractivity contribution is 5.78. The third-order valence-corrected chi connectivity index (χ3v) is 7.06. The summed E-state index contributed by atoms with van der Waals surface area (Å²) in [6, 6.07) is 7.22. The van der Waals surface area contributed by atoms with Crippen molar-refractivity contribution in [3.8, 4) is 0 Å². The van der Waals surface area contributed by atoms with Crippen molar-refractivity contribution in [3.05, 3.63) is 53.1 Å². The van der Waals surface area contributed by atoms with E-state index in [1.54, 1.807) is 0 Å². The number of carbonyl (C=O) groups is 1. The quantitative estimate of drug-likeness (QED) is 0.749. The Morgan fingerprint density at radius 1 is 1.12 bits per heavy atom. The van der Waals surface area contributed by atoms with Gasteiger partial charge in [0.2, 0.25) is 11.9 Å². The molecule has 3 aliphatic rings. The molecule has 1 amide bonds. The van der Waals surface area contributed by atoms with Gasteiger partial charge < -0.3 is 15.0 Å². The lowest BCUT2D eigenvalue weighted by Crippen LogP contribution is -2.45. The van der Waals surface area contributed by atoms with Gasteiger partial charge in [-0.2, -0.15) is 0 Å². The fourth-order valence-corrected chi connectivity index (χ4v) is 5.13. The summed E-state index contributed by atoms with van der Waals surface area (Å²) >= 11 is 0. The van der Waals surface area contributed by atoms with Gasteiger partial charge >= 0.3 is 0 Å². The van der Waals surface area contributed by atoms with E-state index in [0.29, 0.717) is 31.6 Å². The number of hydrogen-bond acceptors (Lipinski definition) is 6. The van der Waals surface area contributed by atoms with Crippen LogP contribution >= 0.6 is 0 Å². The maximum absolute atomic E-state index is 13.4. The molecular weight excluding hydrogens is 421 g/mol. The summed E-state index contributed by atoms with van der Waals surface area (Å²) in [5.74, 6) is 0.548. The Morgan fingerprint density at radius 3 is 2.76 bits per heavy atom. The van der Waals surface area contributed by atoms with Gasteiger partial charge in [0, 0.05) is 38.0 Å². The molecule has 1 aromatic carbocycles. The van der Waals surface area contributed by atoms with Crippen LogP contribution in [0.1, 0.15) is 55.0 Å². The summed E-state index contributed by atoms with van der Waals surface area (Å²) in [7, 11) is 0. The van der Waals surface area contributed by atoms with Gasteiger partial charge in [-0.15, -0.1) is 0 Å². The van der Waals surface area contributed by atoms with E-state index >= 15 is 0 Å². The van der Waals surface area contributed by atoms with Crippen LogP contribution < -0.4 is 5.32 Å². The number of anilines is 1. The van der Waals surface area contributed by atoms with Gasteiger partial charge in [-0.3, -0.25) is 9.69 Å². The maximum Gasteiger partial charge on any atom is 0.237 e. The first-order chi connectivity index (χ1) is 16.2. The molecule has 2 aromatic rings. The summed E-state index contributed by atoms with van der Waals surface area (Å²) in [5, 5.41) is 3.43. The van der Waals surface area contributed by atoms with E-state index in [4.69, 9.17) is 9.72 Å². The molecule has 0 unspecified atom stereocenters. The maximum atomic E-state index is 13.4. The summed E-state index contributed by atoms with van der Waals surface area (Å²) in [5.41, 5.74) is 3.15. The number of fused-ring (bicyclic) bond motifs is 1. The molecule has 0 saturated carbocycles. The van der Waals surface area contributed by atoms with Crippen molar-refractivity contribution >= 4 is 11.9 Å². The third kappa shape index (κ3) is 5.33. The first-order valence-corrected chi connectivity index (χ1v) is 12.1. The SMILES string of the molecule is O=C(CN1CCCC[C@@H]1c1ccc(F)cc1)N1CCc2cnc(NC3CCOCC3)nc2C1. The van der Waals surface area contributed by atoms with Crippen molar-refractivity contribution in [3.63, 3.8) is 0 Å². The topological polar surface area (TPSA) is 70.6 Å². The Morgan fingerprint density at radius 2 is 1.94 bits per heavy atom. The van der Waals surface area contributed by atoms with E-state index in [0.717, 1.165) is 75.1 Å². The van der Waals surface area contributed by atoms with E-state index < -0.39 is 0 Å². The number of nitrogens with zero attached hydrogens (tertiary/aromatic N) is 4. The van der Waals surface area contributed by atoms with Crippen LogP contribution in [-0.2, 0) is 22.5 Å². The number of amides is 1. The first-order valence-electron chi connectivity index (χ1n) is 12.1. The number of ether oxygens (including phenoxy) is 1. The second-order valence-electron chi connectivity index (χ2n) is 9.30. The molecule has 0 spiro atoms. The van der Waals surface area contributed by atoms with Crippen molar-refractivity contribution in [2.45, 2.75) is 57.2 Å². The van der Waals surface area contributed by atoms with E-state index in [-0.39, 0.29) is 17.8 Å². The van der Waals surface area contributed by atoms with Crippen LogP contribution in [0, 0.1) is 5.82 Å². The molecule has 176 valence electrons. The average Bonchev–Trinajstić information content (AvgIpc) is 2.85. The van der Waals surface area contributed by atoms with Gasteiger partial charge in [0.25, 0.3) is 0 Å². The van der Waals surface area contributed by atoms with Crippen molar-refractivity contribution in [2.24, 2.45) is 0 Å². The van der Waals surface area contributed by atoms with Gasteiger partial charge in [0.05, 0.1) is 18.8 Å². The highest BCUT2D eigenvalue weighted by Gasteiger charge is 2.29. The molecule has 0 radical (unpaired) electrons. The highest BCUT2D eigenvalue weighted by atomic mass is 19.1. The van der Waals surface area contributed by atoms with E-state index in [2.05, 4.69) is 15.2 Å². The molecule has 1 N–H and O–H groups in total. The minimum atomic E-state index is -0.225. The van der Waals surface area contributed by atoms with Crippen molar-refractivity contribution < 1.29 is 13.9 Å². The predicted octanol–water partition coefficient (Wildman–Crippen LogP) is 3.32. The lowest BCUT2D eigenvalue weighted by molar-refractivity contribution is -0.134. The van der Waals surface area contributed by atoms with E-state index in [9.17, 15) is 9.18 Å². The molecule has 2 fully saturated rings. The predicted molar refractivity (Wildman–Crippen MR) is 123 cm³/mol. The molecule has 33 heavy (non-hydrogen) atoms. The first kappa shape index (κ1) is 22.2. The Hall–Kier alpha value is -2.58. The van der Waals surface area contributed by atoms with Crippen LogP contribution in [0.5, 0.6) is 0 Å². The molecule has 2 saturated heterocycles. The molecule has 8 heteroatoms. The molecule has 1 atom stereocenters. The van der Waals surface area contributed by atoms with Gasteiger partial charge in [0.1, 0.15) is 5.82 Å².